The predicted octanol–water partition coefficient (Wildman–Crippen LogP) is 3.14. The van der Waals surface area contributed by atoms with Crippen LogP contribution in [0.2, 0.25) is 0 Å². The molecule has 2 saturated heterocycles. The number of thiophene rings is 1. The van der Waals surface area contributed by atoms with Crippen LogP contribution in [0.4, 0.5) is 5.69 Å². The highest BCUT2D eigenvalue weighted by molar-refractivity contribution is 7.91. The van der Waals surface area contributed by atoms with Gasteiger partial charge in [0.25, 0.3) is 15.9 Å². The summed E-state index contributed by atoms with van der Waals surface area (Å²) in [6.07, 6.45) is 2.00. The van der Waals surface area contributed by atoms with Crippen LogP contribution in [-0.4, -0.2) is 69.9 Å². The van der Waals surface area contributed by atoms with E-state index in [1.807, 2.05) is 29.2 Å². The molecule has 9 heteroatoms. The number of piperazine rings is 1. The number of benzene rings is 1. The van der Waals surface area contributed by atoms with E-state index in [-0.39, 0.29) is 10.1 Å². The van der Waals surface area contributed by atoms with Crippen molar-refractivity contribution >= 4 is 33.0 Å². The molecule has 0 N–H and O–H groups in total. The van der Waals surface area contributed by atoms with Crippen molar-refractivity contribution in [3.05, 3.63) is 41.3 Å². The lowest BCUT2D eigenvalue weighted by Gasteiger charge is -2.35. The minimum Gasteiger partial charge on any atom is -0.495 e. The van der Waals surface area contributed by atoms with Crippen LogP contribution in [0.1, 0.15) is 30.1 Å². The molecule has 7 nitrogen and oxygen atoms in total. The van der Waals surface area contributed by atoms with Gasteiger partial charge in [-0.15, -0.1) is 11.3 Å². The van der Waals surface area contributed by atoms with Crippen LogP contribution in [0, 0.1) is 5.92 Å². The quantitative estimate of drug-likeness (QED) is 0.681. The van der Waals surface area contributed by atoms with Crippen molar-refractivity contribution in [1.29, 1.82) is 0 Å². The van der Waals surface area contributed by atoms with Gasteiger partial charge in [0.15, 0.2) is 0 Å². The highest BCUT2D eigenvalue weighted by atomic mass is 32.2. The van der Waals surface area contributed by atoms with E-state index < -0.39 is 10.0 Å². The average molecular weight is 464 g/mol. The molecule has 2 aliphatic rings. The van der Waals surface area contributed by atoms with Crippen LogP contribution >= 0.6 is 11.3 Å². The largest absolute Gasteiger partial charge is 0.495 e. The van der Waals surface area contributed by atoms with Gasteiger partial charge in [0.2, 0.25) is 0 Å². The van der Waals surface area contributed by atoms with Crippen molar-refractivity contribution < 1.29 is 17.9 Å². The molecule has 3 heterocycles. The van der Waals surface area contributed by atoms with Gasteiger partial charge in [0.05, 0.1) is 18.4 Å². The second kappa shape index (κ2) is 9.18. The van der Waals surface area contributed by atoms with Crippen molar-refractivity contribution in [2.45, 2.75) is 24.0 Å². The smallest absolute Gasteiger partial charge is 0.254 e. The zero-order chi connectivity index (χ0) is 22.0. The Labute approximate surface area is 188 Å². The van der Waals surface area contributed by atoms with Crippen molar-refractivity contribution in [2.75, 3.05) is 51.3 Å². The first kappa shape index (κ1) is 22.1. The molecule has 0 spiro atoms. The maximum absolute atomic E-state index is 13.2. The molecule has 1 amide bonds. The summed E-state index contributed by atoms with van der Waals surface area (Å²) in [5.41, 5.74) is 1.45. The third kappa shape index (κ3) is 4.58. The Morgan fingerprint density at radius 3 is 2.42 bits per heavy atom. The van der Waals surface area contributed by atoms with Gasteiger partial charge in [-0.2, -0.15) is 4.31 Å². The summed E-state index contributed by atoms with van der Waals surface area (Å²) in [6.45, 7) is 5.64. The molecule has 0 bridgehead atoms. The van der Waals surface area contributed by atoms with E-state index >= 15 is 0 Å². The summed E-state index contributed by atoms with van der Waals surface area (Å²) in [7, 11) is -1.97. The number of anilines is 1. The molecule has 2 aliphatic heterocycles. The average Bonchev–Trinajstić information content (AvgIpc) is 3.30. The number of amides is 1. The number of likely N-dealkylation sites (tertiary alicyclic amines) is 1. The third-order valence-electron chi connectivity index (χ3n) is 6.15. The van der Waals surface area contributed by atoms with Gasteiger partial charge >= 0.3 is 0 Å². The minimum absolute atomic E-state index is 0.0643. The summed E-state index contributed by atoms with van der Waals surface area (Å²) in [4.78, 5) is 16.8. The number of carbonyl (C=O) groups is 1. The summed E-state index contributed by atoms with van der Waals surface area (Å²) >= 11 is 1.14. The SMILES string of the molecule is COc1ccccc1N1CCN(S(=O)(=O)c2cc(C(=O)N3CCC(C)CC3)cs2)CC1. The number of hydrogen-bond donors (Lipinski definition) is 0. The zero-order valence-electron chi connectivity index (χ0n) is 18.0. The number of nitrogens with zero attached hydrogens (tertiary/aromatic N) is 3. The molecular weight excluding hydrogens is 434 g/mol. The molecule has 2 fully saturated rings. The molecule has 4 rings (SSSR count). The lowest BCUT2D eigenvalue weighted by Crippen LogP contribution is -2.48. The van der Waals surface area contributed by atoms with Gasteiger partial charge in [0, 0.05) is 44.6 Å². The fourth-order valence-corrected chi connectivity index (χ4v) is 6.87. The number of para-hydroxylation sites is 2. The number of methoxy groups -OCH3 is 1. The molecule has 2 aromatic rings. The molecule has 0 atom stereocenters. The van der Waals surface area contributed by atoms with Gasteiger partial charge in [-0.3, -0.25) is 4.79 Å². The number of rotatable bonds is 5. The number of carbonyl (C=O) groups excluding carboxylic acids is 1. The Kier molecular flexibility index (Phi) is 6.55. The van der Waals surface area contributed by atoms with E-state index in [9.17, 15) is 13.2 Å². The fraction of sp³-hybridized carbons (Fsp3) is 0.500. The summed E-state index contributed by atoms with van der Waals surface area (Å²) < 4.78 is 33.5. The van der Waals surface area contributed by atoms with Gasteiger partial charge < -0.3 is 14.5 Å². The Bertz CT molecular complexity index is 1020. The summed E-state index contributed by atoms with van der Waals surface area (Å²) in [5.74, 6) is 1.36. The Morgan fingerprint density at radius 1 is 1.06 bits per heavy atom. The molecular formula is C22H29N3O4S2. The number of piperidine rings is 1. The monoisotopic (exact) mass is 463 g/mol. The van der Waals surface area contributed by atoms with E-state index in [0.717, 1.165) is 48.7 Å². The zero-order valence-corrected chi connectivity index (χ0v) is 19.6. The molecule has 168 valence electrons. The molecule has 0 unspecified atom stereocenters. The highest BCUT2D eigenvalue weighted by Crippen LogP contribution is 2.31. The van der Waals surface area contributed by atoms with Gasteiger partial charge in [-0.05, 0) is 37.0 Å². The van der Waals surface area contributed by atoms with Gasteiger partial charge in [-0.25, -0.2) is 8.42 Å². The van der Waals surface area contributed by atoms with E-state index in [1.54, 1.807) is 18.6 Å². The topological polar surface area (TPSA) is 70.2 Å². The number of ether oxygens (including phenoxy) is 1. The fourth-order valence-electron chi connectivity index (χ4n) is 4.15. The van der Waals surface area contributed by atoms with Gasteiger partial charge in [-0.1, -0.05) is 19.1 Å². The molecule has 1 aromatic heterocycles. The number of hydrogen-bond acceptors (Lipinski definition) is 6. The van der Waals surface area contributed by atoms with Crippen LogP contribution < -0.4 is 9.64 Å². The molecule has 0 radical (unpaired) electrons. The lowest BCUT2D eigenvalue weighted by atomic mass is 9.99. The lowest BCUT2D eigenvalue weighted by molar-refractivity contribution is 0.0697. The standard InChI is InChI=1S/C22H29N3O4S2/c1-17-7-9-24(10-8-17)22(26)18-15-21(30-16-18)31(27,28)25-13-11-23(12-14-25)19-5-3-4-6-20(19)29-2/h3-6,15-17H,7-14H2,1-2H3. The third-order valence-corrected chi connectivity index (χ3v) is 9.47. The molecule has 31 heavy (non-hydrogen) atoms. The van der Waals surface area contributed by atoms with Crippen LogP contribution in [0.3, 0.4) is 0 Å². The maximum atomic E-state index is 13.2. The molecule has 1 aromatic carbocycles. The Hall–Kier alpha value is -2.10. The maximum Gasteiger partial charge on any atom is 0.254 e. The first-order chi connectivity index (χ1) is 14.9. The van der Waals surface area contributed by atoms with Crippen LogP contribution in [-0.2, 0) is 10.0 Å². The van der Waals surface area contributed by atoms with Crippen molar-refractivity contribution in [1.82, 2.24) is 9.21 Å². The Balaban J connectivity index is 1.42. The first-order valence-corrected chi connectivity index (χ1v) is 13.0. The number of sulfonamides is 1. The first-order valence-electron chi connectivity index (χ1n) is 10.7. The van der Waals surface area contributed by atoms with Crippen molar-refractivity contribution in [3.63, 3.8) is 0 Å². The van der Waals surface area contributed by atoms with Gasteiger partial charge in [0.1, 0.15) is 9.96 Å². The van der Waals surface area contributed by atoms with E-state index in [4.69, 9.17) is 4.74 Å². The van der Waals surface area contributed by atoms with Crippen LogP contribution in [0.15, 0.2) is 39.9 Å². The highest BCUT2D eigenvalue weighted by Gasteiger charge is 2.31. The molecule has 0 aliphatic carbocycles. The summed E-state index contributed by atoms with van der Waals surface area (Å²) in [6, 6.07) is 9.32. The molecule has 0 saturated carbocycles. The summed E-state index contributed by atoms with van der Waals surface area (Å²) in [5, 5.41) is 1.68. The van der Waals surface area contributed by atoms with Crippen molar-refractivity contribution in [2.24, 2.45) is 5.92 Å². The van der Waals surface area contributed by atoms with E-state index in [1.165, 1.54) is 4.31 Å². The second-order valence-electron chi connectivity index (χ2n) is 8.19. The predicted molar refractivity (Wildman–Crippen MR) is 123 cm³/mol. The van der Waals surface area contributed by atoms with Crippen LogP contribution in [0.5, 0.6) is 5.75 Å². The van der Waals surface area contributed by atoms with Crippen molar-refractivity contribution in [3.8, 4) is 5.75 Å². The Morgan fingerprint density at radius 2 is 1.74 bits per heavy atom. The minimum atomic E-state index is -3.61. The van der Waals surface area contributed by atoms with Crippen LogP contribution in [0.25, 0.3) is 0 Å². The normalized spacial score (nSPS) is 18.9. The second-order valence-corrected chi connectivity index (χ2v) is 11.3. The van der Waals surface area contributed by atoms with E-state index in [0.29, 0.717) is 37.7 Å². The van der Waals surface area contributed by atoms with E-state index in [2.05, 4.69) is 11.8 Å².